The van der Waals surface area contributed by atoms with E-state index in [0.717, 1.165) is 22.9 Å². The molecule has 0 aliphatic rings. The molecule has 2 N–H and O–H groups in total. The van der Waals surface area contributed by atoms with Crippen molar-refractivity contribution >= 4 is 16.0 Å². The van der Waals surface area contributed by atoms with Crippen molar-refractivity contribution in [2.24, 2.45) is 5.14 Å². The Kier molecular flexibility index (Phi) is 5.20. The lowest BCUT2D eigenvalue weighted by atomic mass is 10.1. The lowest BCUT2D eigenvalue weighted by molar-refractivity contribution is -0.141. The maximum Gasteiger partial charge on any atom is 0.435 e. The standard InChI is InChI=1S/C18H14F3N3O4S/c1-11(25)28-16-5-3-2-4-14(16)15-10-17(18(19,20)21)23-24(15)12-6-8-13(9-7-12)29(22,26)27/h2-10H,1H3,(H2,22,26,27). The van der Waals surface area contributed by atoms with Gasteiger partial charge >= 0.3 is 12.1 Å². The van der Waals surface area contributed by atoms with Crippen molar-refractivity contribution in [2.45, 2.75) is 18.0 Å². The molecule has 11 heteroatoms. The van der Waals surface area contributed by atoms with Gasteiger partial charge < -0.3 is 4.74 Å². The van der Waals surface area contributed by atoms with Crippen molar-refractivity contribution in [3.63, 3.8) is 0 Å². The third-order valence-electron chi connectivity index (χ3n) is 3.83. The smallest absolute Gasteiger partial charge is 0.426 e. The first-order valence-corrected chi connectivity index (χ1v) is 9.60. The molecule has 0 aliphatic heterocycles. The summed E-state index contributed by atoms with van der Waals surface area (Å²) >= 11 is 0. The van der Waals surface area contributed by atoms with Gasteiger partial charge in [-0.05, 0) is 42.5 Å². The number of sulfonamides is 1. The van der Waals surface area contributed by atoms with Gasteiger partial charge in [-0.3, -0.25) is 4.79 Å². The van der Waals surface area contributed by atoms with Crippen molar-refractivity contribution < 1.29 is 31.1 Å². The van der Waals surface area contributed by atoms with E-state index in [-0.39, 0.29) is 27.6 Å². The molecule has 0 spiro atoms. The Morgan fingerprint density at radius 3 is 2.28 bits per heavy atom. The lowest BCUT2D eigenvalue weighted by Gasteiger charge is -2.11. The number of alkyl halides is 3. The van der Waals surface area contributed by atoms with Gasteiger partial charge in [0.1, 0.15) is 5.75 Å². The topological polar surface area (TPSA) is 104 Å². The fraction of sp³-hybridized carbons (Fsp3) is 0.111. The Hall–Kier alpha value is -3.18. The number of aromatic nitrogens is 2. The van der Waals surface area contributed by atoms with E-state index in [4.69, 9.17) is 9.88 Å². The largest absolute Gasteiger partial charge is 0.435 e. The first-order valence-electron chi connectivity index (χ1n) is 8.05. The van der Waals surface area contributed by atoms with Crippen molar-refractivity contribution in [1.29, 1.82) is 0 Å². The molecule has 0 amide bonds. The highest BCUT2D eigenvalue weighted by atomic mass is 32.2. The van der Waals surface area contributed by atoms with Gasteiger partial charge in [0.05, 0.1) is 16.3 Å². The molecule has 0 radical (unpaired) electrons. The third-order valence-corrected chi connectivity index (χ3v) is 4.76. The van der Waals surface area contributed by atoms with Gasteiger partial charge in [0.15, 0.2) is 5.69 Å². The molecule has 29 heavy (non-hydrogen) atoms. The molecule has 152 valence electrons. The van der Waals surface area contributed by atoms with Crippen molar-refractivity contribution in [1.82, 2.24) is 9.78 Å². The minimum absolute atomic E-state index is 0.00229. The van der Waals surface area contributed by atoms with Crippen LogP contribution < -0.4 is 9.88 Å². The maximum atomic E-state index is 13.3. The fourth-order valence-electron chi connectivity index (χ4n) is 2.61. The molecule has 3 aromatic rings. The number of hydrogen-bond donors (Lipinski definition) is 1. The minimum atomic E-state index is -4.73. The second kappa shape index (κ2) is 7.33. The Morgan fingerprint density at radius 2 is 1.72 bits per heavy atom. The molecular formula is C18H14F3N3O4S. The van der Waals surface area contributed by atoms with E-state index >= 15 is 0 Å². The molecule has 0 fully saturated rings. The third kappa shape index (κ3) is 4.46. The number of halogens is 3. The molecule has 0 saturated heterocycles. The van der Waals surface area contributed by atoms with Crippen molar-refractivity contribution in [2.75, 3.05) is 0 Å². The van der Waals surface area contributed by atoms with E-state index in [1.54, 1.807) is 12.1 Å². The minimum Gasteiger partial charge on any atom is -0.426 e. The van der Waals surface area contributed by atoms with Gasteiger partial charge in [-0.1, -0.05) is 12.1 Å². The molecule has 0 bridgehead atoms. The number of esters is 1. The number of rotatable bonds is 4. The highest BCUT2D eigenvalue weighted by Crippen LogP contribution is 2.36. The second-order valence-electron chi connectivity index (χ2n) is 5.95. The summed E-state index contributed by atoms with van der Waals surface area (Å²) in [4.78, 5) is 11.2. The molecule has 2 aromatic carbocycles. The van der Waals surface area contributed by atoms with E-state index in [1.165, 1.54) is 31.2 Å². The number of benzene rings is 2. The van der Waals surface area contributed by atoms with Crippen LogP contribution in [0.2, 0.25) is 0 Å². The average molecular weight is 425 g/mol. The SMILES string of the molecule is CC(=O)Oc1ccccc1-c1cc(C(F)(F)F)nn1-c1ccc(S(N)(=O)=O)cc1. The van der Waals surface area contributed by atoms with Gasteiger partial charge in [0, 0.05) is 12.5 Å². The van der Waals surface area contributed by atoms with Crippen LogP contribution in [0, 0.1) is 0 Å². The number of carbonyl (C=O) groups is 1. The maximum absolute atomic E-state index is 13.3. The molecule has 1 aromatic heterocycles. The molecule has 7 nitrogen and oxygen atoms in total. The number of primary sulfonamides is 1. The van der Waals surface area contributed by atoms with E-state index in [1.807, 2.05) is 0 Å². The first kappa shape index (κ1) is 20.6. The summed E-state index contributed by atoms with van der Waals surface area (Å²) in [6.07, 6.45) is -4.73. The Labute approximate surface area is 163 Å². The zero-order chi connectivity index (χ0) is 21.4. The molecule has 0 atom stereocenters. The molecule has 0 aliphatic carbocycles. The zero-order valence-corrected chi connectivity index (χ0v) is 15.7. The highest BCUT2D eigenvalue weighted by molar-refractivity contribution is 7.89. The average Bonchev–Trinajstić information content (AvgIpc) is 3.06. The quantitative estimate of drug-likeness (QED) is 0.511. The van der Waals surface area contributed by atoms with Crippen LogP contribution >= 0.6 is 0 Å². The summed E-state index contributed by atoms with van der Waals surface area (Å²) in [5.74, 6) is -0.590. The van der Waals surface area contributed by atoms with Crippen LogP contribution in [0.1, 0.15) is 12.6 Å². The summed E-state index contributed by atoms with van der Waals surface area (Å²) in [5, 5.41) is 8.66. The molecule has 1 heterocycles. The summed E-state index contributed by atoms with van der Waals surface area (Å²) in [6, 6.07) is 11.7. The monoisotopic (exact) mass is 425 g/mol. The van der Waals surface area contributed by atoms with Crippen LogP contribution in [0.3, 0.4) is 0 Å². The van der Waals surface area contributed by atoms with Gasteiger partial charge in [-0.15, -0.1) is 0 Å². The van der Waals surface area contributed by atoms with Crippen LogP contribution in [0.5, 0.6) is 5.75 Å². The van der Waals surface area contributed by atoms with Crippen LogP contribution in [0.4, 0.5) is 13.2 Å². The number of para-hydroxylation sites is 1. The molecular weight excluding hydrogens is 411 g/mol. The predicted molar refractivity (Wildman–Crippen MR) is 96.7 cm³/mol. The Morgan fingerprint density at radius 1 is 1.10 bits per heavy atom. The first-order chi connectivity index (χ1) is 13.5. The highest BCUT2D eigenvalue weighted by Gasteiger charge is 2.35. The Balaban J connectivity index is 2.21. The van der Waals surface area contributed by atoms with Gasteiger partial charge in [0.25, 0.3) is 0 Å². The van der Waals surface area contributed by atoms with Crippen LogP contribution in [0.25, 0.3) is 16.9 Å². The number of hydrogen-bond acceptors (Lipinski definition) is 5. The number of carbonyl (C=O) groups excluding carboxylic acids is 1. The zero-order valence-electron chi connectivity index (χ0n) is 14.8. The summed E-state index contributed by atoms with van der Waals surface area (Å²) in [7, 11) is -3.97. The van der Waals surface area contributed by atoms with E-state index in [0.29, 0.717) is 0 Å². The summed E-state index contributed by atoms with van der Waals surface area (Å²) in [6.45, 7) is 1.17. The van der Waals surface area contributed by atoms with Gasteiger partial charge in [-0.2, -0.15) is 18.3 Å². The van der Waals surface area contributed by atoms with E-state index in [2.05, 4.69) is 5.10 Å². The number of ether oxygens (including phenoxy) is 1. The lowest BCUT2D eigenvalue weighted by Crippen LogP contribution is -2.12. The second-order valence-corrected chi connectivity index (χ2v) is 7.51. The summed E-state index contributed by atoms with van der Waals surface area (Å²) < 4.78 is 68.8. The molecule has 3 rings (SSSR count). The summed E-state index contributed by atoms with van der Waals surface area (Å²) in [5.41, 5.74) is -0.820. The predicted octanol–water partition coefficient (Wildman–Crippen LogP) is 3.13. The number of nitrogens with zero attached hydrogens (tertiary/aromatic N) is 2. The van der Waals surface area contributed by atoms with Gasteiger partial charge in [0.2, 0.25) is 10.0 Å². The van der Waals surface area contributed by atoms with E-state index in [9.17, 15) is 26.4 Å². The Bertz CT molecular complexity index is 1170. The fourth-order valence-corrected chi connectivity index (χ4v) is 3.12. The normalized spacial score (nSPS) is 12.0. The van der Waals surface area contributed by atoms with Crippen LogP contribution in [-0.4, -0.2) is 24.2 Å². The number of nitrogens with two attached hydrogens (primary N) is 1. The van der Waals surface area contributed by atoms with Crippen molar-refractivity contribution in [3.8, 4) is 22.7 Å². The van der Waals surface area contributed by atoms with Gasteiger partial charge in [-0.25, -0.2) is 18.2 Å². The molecule has 0 unspecified atom stereocenters. The molecule has 0 saturated carbocycles. The van der Waals surface area contributed by atoms with E-state index < -0.39 is 27.9 Å². The van der Waals surface area contributed by atoms with Crippen molar-refractivity contribution in [3.05, 3.63) is 60.3 Å². The van der Waals surface area contributed by atoms with Crippen LogP contribution in [0.15, 0.2) is 59.5 Å². The van der Waals surface area contributed by atoms with Crippen LogP contribution in [-0.2, 0) is 21.0 Å².